The minimum absolute atomic E-state index is 0.211. The Morgan fingerprint density at radius 2 is 2.26 bits per heavy atom. The first-order valence-electron chi connectivity index (χ1n) is 5.94. The van der Waals surface area contributed by atoms with Gasteiger partial charge in [-0.25, -0.2) is 0 Å². The SMILES string of the molecule is CNC(Cc1cc(OC)ccc1Br)c1snnc1C. The highest BCUT2D eigenvalue weighted by atomic mass is 79.9. The van der Waals surface area contributed by atoms with Gasteiger partial charge in [0.15, 0.2) is 0 Å². The summed E-state index contributed by atoms with van der Waals surface area (Å²) in [6.07, 6.45) is 0.860. The smallest absolute Gasteiger partial charge is 0.119 e. The van der Waals surface area contributed by atoms with Crippen LogP contribution in [0.25, 0.3) is 0 Å². The van der Waals surface area contributed by atoms with E-state index in [-0.39, 0.29) is 6.04 Å². The summed E-state index contributed by atoms with van der Waals surface area (Å²) >= 11 is 5.04. The van der Waals surface area contributed by atoms with Crippen LogP contribution in [0.3, 0.4) is 0 Å². The number of nitrogens with zero attached hydrogens (tertiary/aromatic N) is 2. The first-order valence-corrected chi connectivity index (χ1v) is 7.51. The Bertz CT molecular complexity index is 559. The molecular formula is C13H16BrN3OS. The quantitative estimate of drug-likeness (QED) is 0.907. The second kappa shape index (κ2) is 6.45. The molecule has 1 atom stereocenters. The Morgan fingerprint density at radius 3 is 2.84 bits per heavy atom. The fraction of sp³-hybridized carbons (Fsp3) is 0.385. The lowest BCUT2D eigenvalue weighted by Gasteiger charge is -2.16. The molecule has 0 amide bonds. The summed E-state index contributed by atoms with van der Waals surface area (Å²) in [6, 6.07) is 6.22. The molecule has 0 radical (unpaired) electrons. The van der Waals surface area contributed by atoms with Gasteiger partial charge in [-0.2, -0.15) is 0 Å². The highest BCUT2D eigenvalue weighted by Crippen LogP contribution is 2.29. The third-order valence-corrected chi connectivity index (χ3v) is 4.74. The van der Waals surface area contributed by atoms with E-state index in [1.54, 1.807) is 7.11 Å². The number of ether oxygens (including phenoxy) is 1. The molecule has 0 fully saturated rings. The van der Waals surface area contributed by atoms with Gasteiger partial charge in [-0.3, -0.25) is 0 Å². The number of hydrogen-bond donors (Lipinski definition) is 1. The molecule has 6 heteroatoms. The van der Waals surface area contributed by atoms with Crippen LogP contribution < -0.4 is 10.1 Å². The molecule has 0 aliphatic heterocycles. The Balaban J connectivity index is 2.26. The molecule has 2 rings (SSSR count). The lowest BCUT2D eigenvalue weighted by atomic mass is 10.0. The molecule has 0 aliphatic carbocycles. The van der Waals surface area contributed by atoms with Gasteiger partial charge in [0.1, 0.15) is 5.75 Å². The van der Waals surface area contributed by atoms with Crippen LogP contribution >= 0.6 is 27.5 Å². The zero-order chi connectivity index (χ0) is 13.8. The second-order valence-electron chi connectivity index (χ2n) is 4.23. The van der Waals surface area contributed by atoms with E-state index >= 15 is 0 Å². The van der Waals surface area contributed by atoms with E-state index in [1.807, 2.05) is 26.1 Å². The highest BCUT2D eigenvalue weighted by Gasteiger charge is 2.17. The van der Waals surface area contributed by atoms with Crippen molar-refractivity contribution < 1.29 is 4.74 Å². The molecule has 102 valence electrons. The number of hydrogen-bond acceptors (Lipinski definition) is 5. The fourth-order valence-electron chi connectivity index (χ4n) is 1.94. The molecular weight excluding hydrogens is 326 g/mol. The molecule has 1 aromatic heterocycles. The van der Waals surface area contributed by atoms with Gasteiger partial charge in [-0.1, -0.05) is 20.4 Å². The summed E-state index contributed by atoms with van der Waals surface area (Å²) in [5.41, 5.74) is 2.19. The Labute approximate surface area is 125 Å². The average molecular weight is 342 g/mol. The van der Waals surface area contributed by atoms with Gasteiger partial charge in [0.25, 0.3) is 0 Å². The van der Waals surface area contributed by atoms with Crippen LogP contribution in [0.2, 0.25) is 0 Å². The standard InChI is InChI=1S/C13H16BrN3OS/c1-8-13(19-17-16-8)12(15-2)7-9-6-10(18-3)4-5-11(9)14/h4-6,12,15H,7H2,1-3H3. The van der Waals surface area contributed by atoms with Crippen molar-refractivity contribution in [2.45, 2.75) is 19.4 Å². The molecule has 0 bridgehead atoms. The van der Waals surface area contributed by atoms with Gasteiger partial charge in [0.2, 0.25) is 0 Å². The van der Waals surface area contributed by atoms with Crippen LogP contribution in [-0.4, -0.2) is 23.7 Å². The maximum atomic E-state index is 5.28. The highest BCUT2D eigenvalue weighted by molar-refractivity contribution is 9.10. The van der Waals surface area contributed by atoms with Crippen LogP contribution in [0.4, 0.5) is 0 Å². The summed E-state index contributed by atoms with van der Waals surface area (Å²) in [5.74, 6) is 0.868. The van der Waals surface area contributed by atoms with Crippen LogP contribution in [0, 0.1) is 6.92 Å². The summed E-state index contributed by atoms with van der Waals surface area (Å²) in [5, 5.41) is 7.40. The van der Waals surface area contributed by atoms with E-state index in [1.165, 1.54) is 22.0 Å². The van der Waals surface area contributed by atoms with Crippen molar-refractivity contribution in [3.05, 3.63) is 38.8 Å². The van der Waals surface area contributed by atoms with E-state index in [2.05, 4.69) is 36.9 Å². The number of rotatable bonds is 5. The second-order valence-corrected chi connectivity index (χ2v) is 5.87. The number of aryl methyl sites for hydroxylation is 1. The van der Waals surface area contributed by atoms with Gasteiger partial charge in [0, 0.05) is 10.5 Å². The van der Waals surface area contributed by atoms with Gasteiger partial charge in [-0.15, -0.1) is 5.10 Å². The summed E-state index contributed by atoms with van der Waals surface area (Å²) in [7, 11) is 3.64. The predicted octanol–water partition coefficient (Wildman–Crippen LogP) is 3.12. The summed E-state index contributed by atoms with van der Waals surface area (Å²) < 4.78 is 10.4. The molecule has 0 saturated carbocycles. The third-order valence-electron chi connectivity index (χ3n) is 3.03. The number of halogens is 1. The molecule has 0 spiro atoms. The van der Waals surface area contributed by atoms with Crippen molar-refractivity contribution in [3.63, 3.8) is 0 Å². The number of methoxy groups -OCH3 is 1. The molecule has 0 aliphatic rings. The minimum Gasteiger partial charge on any atom is -0.497 e. The Kier molecular flexibility index (Phi) is 4.90. The Morgan fingerprint density at radius 1 is 1.47 bits per heavy atom. The number of nitrogens with one attached hydrogen (secondary N) is 1. The fourth-order valence-corrected chi connectivity index (χ4v) is 3.10. The molecule has 0 saturated heterocycles. The van der Waals surface area contributed by atoms with Crippen molar-refractivity contribution >= 4 is 27.5 Å². The topological polar surface area (TPSA) is 47.0 Å². The third kappa shape index (κ3) is 3.32. The van der Waals surface area contributed by atoms with E-state index < -0.39 is 0 Å². The van der Waals surface area contributed by atoms with E-state index in [4.69, 9.17) is 4.74 Å². The molecule has 1 aromatic carbocycles. The van der Waals surface area contributed by atoms with Crippen LogP contribution in [0.1, 0.15) is 22.2 Å². The summed E-state index contributed by atoms with van der Waals surface area (Å²) in [4.78, 5) is 1.18. The van der Waals surface area contributed by atoms with Crippen molar-refractivity contribution in [2.24, 2.45) is 0 Å². The lowest BCUT2D eigenvalue weighted by Crippen LogP contribution is -2.18. The Hall–Kier alpha value is -0.980. The normalized spacial score (nSPS) is 12.4. The molecule has 1 unspecified atom stereocenters. The van der Waals surface area contributed by atoms with E-state index in [0.717, 1.165) is 22.3 Å². The number of aromatic nitrogens is 2. The van der Waals surface area contributed by atoms with Crippen LogP contribution in [0.5, 0.6) is 5.75 Å². The number of benzene rings is 1. The monoisotopic (exact) mass is 341 g/mol. The first kappa shape index (κ1) is 14.4. The zero-order valence-corrected chi connectivity index (χ0v) is 13.5. The zero-order valence-electron chi connectivity index (χ0n) is 11.1. The number of likely N-dealkylation sites (N-methyl/N-ethyl adjacent to an activating group) is 1. The largest absolute Gasteiger partial charge is 0.497 e. The van der Waals surface area contributed by atoms with Gasteiger partial charge in [-0.05, 0) is 55.7 Å². The van der Waals surface area contributed by atoms with Gasteiger partial charge in [0.05, 0.1) is 17.7 Å². The van der Waals surface area contributed by atoms with Gasteiger partial charge >= 0.3 is 0 Å². The minimum atomic E-state index is 0.211. The van der Waals surface area contributed by atoms with Crippen LogP contribution in [0.15, 0.2) is 22.7 Å². The van der Waals surface area contributed by atoms with Crippen molar-refractivity contribution in [1.29, 1.82) is 0 Å². The maximum Gasteiger partial charge on any atom is 0.119 e. The lowest BCUT2D eigenvalue weighted by molar-refractivity contribution is 0.414. The van der Waals surface area contributed by atoms with E-state index in [0.29, 0.717) is 0 Å². The van der Waals surface area contributed by atoms with Gasteiger partial charge < -0.3 is 10.1 Å². The van der Waals surface area contributed by atoms with Crippen molar-refractivity contribution in [3.8, 4) is 5.75 Å². The summed E-state index contributed by atoms with van der Waals surface area (Å²) in [6.45, 7) is 1.99. The van der Waals surface area contributed by atoms with Crippen LogP contribution in [-0.2, 0) is 6.42 Å². The molecule has 2 aromatic rings. The maximum absolute atomic E-state index is 5.28. The predicted molar refractivity (Wildman–Crippen MR) is 80.8 cm³/mol. The van der Waals surface area contributed by atoms with Crippen molar-refractivity contribution in [1.82, 2.24) is 14.9 Å². The molecule has 1 N–H and O–H groups in total. The molecule has 1 heterocycles. The average Bonchev–Trinajstić information content (AvgIpc) is 2.84. The molecule has 19 heavy (non-hydrogen) atoms. The van der Waals surface area contributed by atoms with Crippen molar-refractivity contribution in [2.75, 3.05) is 14.2 Å². The van der Waals surface area contributed by atoms with E-state index in [9.17, 15) is 0 Å². The first-order chi connectivity index (χ1) is 9.15. The molecule has 4 nitrogen and oxygen atoms in total.